The van der Waals surface area contributed by atoms with E-state index in [-0.39, 0.29) is 11.5 Å². The highest BCUT2D eigenvalue weighted by atomic mass is 16.3. The lowest BCUT2D eigenvalue weighted by atomic mass is 9.95. The Hall–Kier alpha value is -3.79. The van der Waals surface area contributed by atoms with Crippen molar-refractivity contribution in [3.05, 3.63) is 89.7 Å². The van der Waals surface area contributed by atoms with Crippen molar-refractivity contribution in [3.63, 3.8) is 0 Å². The summed E-state index contributed by atoms with van der Waals surface area (Å²) in [4.78, 5) is 13.4. The fourth-order valence-corrected chi connectivity index (χ4v) is 3.58. The Kier molecular flexibility index (Phi) is 3.59. The molecule has 0 saturated carbocycles. The van der Waals surface area contributed by atoms with Crippen LogP contribution in [0.3, 0.4) is 0 Å². The molecule has 0 fully saturated rings. The summed E-state index contributed by atoms with van der Waals surface area (Å²) in [5, 5.41) is 11.2. The lowest BCUT2D eigenvalue weighted by molar-refractivity contribution is 0.104. The predicted molar refractivity (Wildman–Crippen MR) is 108 cm³/mol. The summed E-state index contributed by atoms with van der Waals surface area (Å²) in [5.41, 5.74) is 4.24. The van der Waals surface area contributed by atoms with Gasteiger partial charge in [0.05, 0.1) is 11.8 Å². The van der Waals surface area contributed by atoms with Crippen LogP contribution in [0.2, 0.25) is 0 Å². The third kappa shape index (κ3) is 2.50. The minimum absolute atomic E-state index is 0.118. The zero-order chi connectivity index (χ0) is 19.3. The maximum atomic E-state index is 13.4. The Morgan fingerprint density at radius 3 is 2.54 bits per heavy atom. The Bertz CT molecular complexity index is 1340. The fraction of sp³-hybridized carbons (Fsp3) is 0.0417. The second-order valence-corrected chi connectivity index (χ2v) is 6.82. The molecule has 4 heteroatoms. The number of furan rings is 2. The lowest BCUT2D eigenvalue weighted by Gasteiger charge is -2.05. The fourth-order valence-electron chi connectivity index (χ4n) is 3.58. The van der Waals surface area contributed by atoms with E-state index in [1.165, 1.54) is 12.1 Å². The summed E-state index contributed by atoms with van der Waals surface area (Å²) in [5.74, 6) is 0.485. The van der Waals surface area contributed by atoms with Gasteiger partial charge in [0.2, 0.25) is 0 Å². The SMILES string of the molecule is Cc1ccc2oc(-c3cccc4occc34)c(C(=O)c3ccc(O)cc3)c2c1. The third-order valence-corrected chi connectivity index (χ3v) is 4.94. The number of carbonyl (C=O) groups is 1. The van der Waals surface area contributed by atoms with Crippen molar-refractivity contribution in [3.8, 4) is 17.1 Å². The number of ketones is 1. The molecule has 0 amide bonds. The molecule has 28 heavy (non-hydrogen) atoms. The highest BCUT2D eigenvalue weighted by Crippen LogP contribution is 2.39. The summed E-state index contributed by atoms with van der Waals surface area (Å²) in [7, 11) is 0. The molecule has 0 atom stereocenters. The lowest BCUT2D eigenvalue weighted by Crippen LogP contribution is -2.02. The molecule has 136 valence electrons. The summed E-state index contributed by atoms with van der Waals surface area (Å²) in [6.07, 6.45) is 1.63. The number of rotatable bonds is 3. The maximum absolute atomic E-state index is 13.4. The molecule has 1 N–H and O–H groups in total. The number of carbonyl (C=O) groups excluding carboxylic acids is 1. The number of benzene rings is 3. The Balaban J connectivity index is 1.82. The first-order chi connectivity index (χ1) is 13.6. The van der Waals surface area contributed by atoms with E-state index in [2.05, 4.69) is 0 Å². The highest BCUT2D eigenvalue weighted by Gasteiger charge is 2.24. The molecule has 0 aliphatic rings. The number of hydrogen-bond donors (Lipinski definition) is 1. The molecule has 0 aliphatic carbocycles. The zero-order valence-electron chi connectivity index (χ0n) is 15.1. The Labute approximate surface area is 160 Å². The first-order valence-corrected chi connectivity index (χ1v) is 8.95. The topological polar surface area (TPSA) is 63.6 Å². The van der Waals surface area contributed by atoms with Gasteiger partial charge >= 0.3 is 0 Å². The molecule has 2 heterocycles. The van der Waals surface area contributed by atoms with Crippen molar-refractivity contribution < 1.29 is 18.7 Å². The quantitative estimate of drug-likeness (QED) is 0.391. The van der Waals surface area contributed by atoms with Crippen LogP contribution in [0.5, 0.6) is 5.75 Å². The molecule has 0 radical (unpaired) electrons. The van der Waals surface area contributed by atoms with Gasteiger partial charge in [0, 0.05) is 21.9 Å². The molecular weight excluding hydrogens is 352 g/mol. The highest BCUT2D eigenvalue weighted by molar-refractivity contribution is 6.20. The van der Waals surface area contributed by atoms with Crippen molar-refractivity contribution in [2.24, 2.45) is 0 Å². The van der Waals surface area contributed by atoms with Crippen LogP contribution in [0.4, 0.5) is 0 Å². The number of aryl methyl sites for hydroxylation is 1. The van der Waals surface area contributed by atoms with E-state index in [4.69, 9.17) is 8.83 Å². The number of aromatic hydroxyl groups is 1. The van der Waals surface area contributed by atoms with Gasteiger partial charge in [0.1, 0.15) is 22.7 Å². The summed E-state index contributed by atoms with van der Waals surface area (Å²) in [6.45, 7) is 1.98. The van der Waals surface area contributed by atoms with Gasteiger partial charge in [-0.25, -0.2) is 0 Å². The minimum Gasteiger partial charge on any atom is -0.508 e. The normalized spacial score (nSPS) is 11.3. The van der Waals surface area contributed by atoms with Crippen LogP contribution in [0.1, 0.15) is 21.5 Å². The van der Waals surface area contributed by atoms with Gasteiger partial charge in [-0.1, -0.05) is 23.8 Å². The van der Waals surface area contributed by atoms with E-state index in [1.807, 2.05) is 49.4 Å². The van der Waals surface area contributed by atoms with Gasteiger partial charge in [-0.2, -0.15) is 0 Å². The number of phenolic OH excluding ortho intramolecular Hbond substituents is 1. The number of hydrogen-bond acceptors (Lipinski definition) is 4. The summed E-state index contributed by atoms with van der Waals surface area (Å²) < 4.78 is 11.7. The van der Waals surface area contributed by atoms with E-state index < -0.39 is 0 Å². The summed E-state index contributed by atoms with van der Waals surface area (Å²) in [6, 6.07) is 19.6. The van der Waals surface area contributed by atoms with Crippen LogP contribution in [-0.4, -0.2) is 10.9 Å². The van der Waals surface area contributed by atoms with Crippen molar-refractivity contribution in [1.29, 1.82) is 0 Å². The predicted octanol–water partition coefficient (Wildman–Crippen LogP) is 6.09. The maximum Gasteiger partial charge on any atom is 0.197 e. The van der Waals surface area contributed by atoms with Crippen LogP contribution < -0.4 is 0 Å². The molecule has 3 aromatic carbocycles. The molecule has 5 aromatic rings. The standard InChI is InChI=1S/C24H16O4/c1-14-5-10-21-19(13-14)22(23(26)15-6-8-16(25)9-7-15)24(28-21)18-3-2-4-20-17(18)11-12-27-20/h2-13,25H,1H3. The summed E-state index contributed by atoms with van der Waals surface area (Å²) >= 11 is 0. The Morgan fingerprint density at radius 1 is 0.893 bits per heavy atom. The van der Waals surface area contributed by atoms with Crippen molar-refractivity contribution in [1.82, 2.24) is 0 Å². The van der Waals surface area contributed by atoms with E-state index in [1.54, 1.807) is 18.4 Å². The largest absolute Gasteiger partial charge is 0.508 e. The zero-order valence-corrected chi connectivity index (χ0v) is 15.1. The Morgan fingerprint density at radius 2 is 1.71 bits per heavy atom. The number of phenols is 1. The smallest absolute Gasteiger partial charge is 0.197 e. The van der Waals surface area contributed by atoms with Crippen LogP contribution >= 0.6 is 0 Å². The average molecular weight is 368 g/mol. The van der Waals surface area contributed by atoms with E-state index >= 15 is 0 Å². The molecule has 2 aromatic heterocycles. The van der Waals surface area contributed by atoms with Crippen molar-refractivity contribution >= 4 is 27.7 Å². The average Bonchev–Trinajstić information content (AvgIpc) is 3.32. The van der Waals surface area contributed by atoms with Gasteiger partial charge in [0.15, 0.2) is 5.78 Å². The minimum atomic E-state index is -0.153. The van der Waals surface area contributed by atoms with Crippen LogP contribution in [0.25, 0.3) is 33.3 Å². The molecule has 0 spiro atoms. The van der Waals surface area contributed by atoms with E-state index in [0.717, 1.165) is 27.5 Å². The molecule has 4 nitrogen and oxygen atoms in total. The molecule has 5 rings (SSSR count). The first kappa shape index (κ1) is 16.4. The second-order valence-electron chi connectivity index (χ2n) is 6.82. The molecule has 0 aliphatic heterocycles. The monoisotopic (exact) mass is 368 g/mol. The first-order valence-electron chi connectivity index (χ1n) is 8.95. The van der Waals surface area contributed by atoms with Crippen LogP contribution in [-0.2, 0) is 0 Å². The van der Waals surface area contributed by atoms with Gasteiger partial charge in [-0.3, -0.25) is 4.79 Å². The van der Waals surface area contributed by atoms with Gasteiger partial charge in [-0.05, 0) is 55.5 Å². The molecular formula is C24H16O4. The van der Waals surface area contributed by atoms with Crippen LogP contribution in [0, 0.1) is 6.92 Å². The number of fused-ring (bicyclic) bond motifs is 2. The van der Waals surface area contributed by atoms with Crippen LogP contribution in [0.15, 0.2) is 81.8 Å². The molecule has 0 unspecified atom stereocenters. The van der Waals surface area contributed by atoms with E-state index in [9.17, 15) is 9.90 Å². The van der Waals surface area contributed by atoms with Gasteiger partial charge in [0.25, 0.3) is 0 Å². The second kappa shape index (κ2) is 6.13. The molecule has 0 saturated heterocycles. The van der Waals surface area contributed by atoms with Crippen molar-refractivity contribution in [2.75, 3.05) is 0 Å². The van der Waals surface area contributed by atoms with Gasteiger partial charge in [-0.15, -0.1) is 0 Å². The van der Waals surface area contributed by atoms with Gasteiger partial charge < -0.3 is 13.9 Å². The van der Waals surface area contributed by atoms with Crippen molar-refractivity contribution in [2.45, 2.75) is 6.92 Å². The molecule has 0 bridgehead atoms. The van der Waals surface area contributed by atoms with E-state index in [0.29, 0.717) is 22.5 Å². The third-order valence-electron chi connectivity index (χ3n) is 4.94.